The second-order valence-corrected chi connectivity index (χ2v) is 7.80. The standard InChI is InChI=1S/C25H32O3/c1-3-4-5-6-7-24-18-22(25(26)28-24)13-10-19-8-11-20(12-9-19)21-14-16-23(27-2)17-15-21/h8-9,11-12,14-17,22,24H,3-7,10,13,18H2,1-2H3. The fraction of sp³-hybridized carbons (Fsp3) is 0.480. The Hall–Kier alpha value is -2.29. The van der Waals surface area contributed by atoms with Crippen LogP contribution in [0.25, 0.3) is 11.1 Å². The van der Waals surface area contributed by atoms with Gasteiger partial charge in [-0.2, -0.15) is 0 Å². The second-order valence-electron chi connectivity index (χ2n) is 7.80. The van der Waals surface area contributed by atoms with E-state index in [-0.39, 0.29) is 18.0 Å². The Morgan fingerprint density at radius 1 is 0.929 bits per heavy atom. The summed E-state index contributed by atoms with van der Waals surface area (Å²) in [5.41, 5.74) is 3.65. The van der Waals surface area contributed by atoms with Crippen LogP contribution in [0.3, 0.4) is 0 Å². The number of benzene rings is 2. The van der Waals surface area contributed by atoms with Gasteiger partial charge in [0.2, 0.25) is 0 Å². The molecule has 3 rings (SSSR count). The van der Waals surface area contributed by atoms with Crippen molar-refractivity contribution >= 4 is 5.97 Å². The van der Waals surface area contributed by atoms with Gasteiger partial charge < -0.3 is 9.47 Å². The predicted octanol–water partition coefficient (Wildman–Crippen LogP) is 6.20. The van der Waals surface area contributed by atoms with E-state index in [9.17, 15) is 4.79 Å². The van der Waals surface area contributed by atoms with E-state index in [0.717, 1.165) is 31.4 Å². The molecule has 3 nitrogen and oxygen atoms in total. The van der Waals surface area contributed by atoms with Gasteiger partial charge in [-0.25, -0.2) is 0 Å². The molecule has 0 aromatic heterocycles. The summed E-state index contributed by atoms with van der Waals surface area (Å²) in [6.07, 6.45) is 8.81. The molecule has 2 aromatic carbocycles. The summed E-state index contributed by atoms with van der Waals surface area (Å²) < 4.78 is 10.8. The minimum atomic E-state index is 0.00958. The van der Waals surface area contributed by atoms with Crippen molar-refractivity contribution < 1.29 is 14.3 Å². The monoisotopic (exact) mass is 380 g/mol. The van der Waals surface area contributed by atoms with E-state index >= 15 is 0 Å². The van der Waals surface area contributed by atoms with Crippen molar-refractivity contribution in [2.75, 3.05) is 7.11 Å². The van der Waals surface area contributed by atoms with Crippen molar-refractivity contribution in [2.45, 2.75) is 64.4 Å². The maximum atomic E-state index is 12.2. The first-order valence-electron chi connectivity index (χ1n) is 10.6. The first-order chi connectivity index (χ1) is 13.7. The smallest absolute Gasteiger partial charge is 0.309 e. The lowest BCUT2D eigenvalue weighted by Gasteiger charge is -2.08. The van der Waals surface area contributed by atoms with Crippen molar-refractivity contribution in [3.05, 3.63) is 54.1 Å². The number of esters is 1. The molecule has 0 saturated carbocycles. The fourth-order valence-corrected chi connectivity index (χ4v) is 3.92. The number of ether oxygens (including phenoxy) is 2. The van der Waals surface area contributed by atoms with Gasteiger partial charge in [0.25, 0.3) is 0 Å². The number of hydrogen-bond donors (Lipinski definition) is 0. The quantitative estimate of drug-likeness (QED) is 0.364. The van der Waals surface area contributed by atoms with Crippen LogP contribution >= 0.6 is 0 Å². The summed E-state index contributed by atoms with van der Waals surface area (Å²) in [6, 6.07) is 16.7. The van der Waals surface area contributed by atoms with E-state index in [4.69, 9.17) is 9.47 Å². The first-order valence-corrected chi connectivity index (χ1v) is 10.6. The van der Waals surface area contributed by atoms with Gasteiger partial charge in [-0.15, -0.1) is 0 Å². The molecule has 1 saturated heterocycles. The Morgan fingerprint density at radius 3 is 2.25 bits per heavy atom. The molecule has 3 heteroatoms. The molecule has 1 aliphatic rings. The summed E-state index contributed by atoms with van der Waals surface area (Å²) in [7, 11) is 1.68. The van der Waals surface area contributed by atoms with Crippen LogP contribution in [0.1, 0.15) is 57.4 Å². The zero-order chi connectivity index (χ0) is 19.8. The molecule has 2 unspecified atom stereocenters. The third kappa shape index (κ3) is 5.60. The molecule has 1 aliphatic heterocycles. The fourth-order valence-electron chi connectivity index (χ4n) is 3.92. The molecular weight excluding hydrogens is 348 g/mol. The third-order valence-corrected chi connectivity index (χ3v) is 5.70. The molecule has 2 aromatic rings. The van der Waals surface area contributed by atoms with Crippen LogP contribution in [-0.2, 0) is 16.0 Å². The second kappa shape index (κ2) is 10.3. The molecule has 2 atom stereocenters. The van der Waals surface area contributed by atoms with Crippen LogP contribution in [0.2, 0.25) is 0 Å². The Bertz CT molecular complexity index is 733. The van der Waals surface area contributed by atoms with Crippen LogP contribution in [0.4, 0.5) is 0 Å². The van der Waals surface area contributed by atoms with Crippen molar-refractivity contribution in [3.8, 4) is 16.9 Å². The number of cyclic esters (lactones) is 1. The highest BCUT2D eigenvalue weighted by Crippen LogP contribution is 2.29. The topological polar surface area (TPSA) is 35.5 Å². The van der Waals surface area contributed by atoms with Crippen molar-refractivity contribution in [1.29, 1.82) is 0 Å². The Balaban J connectivity index is 1.47. The van der Waals surface area contributed by atoms with E-state index in [1.54, 1.807) is 7.11 Å². The van der Waals surface area contributed by atoms with E-state index in [1.165, 1.54) is 42.4 Å². The van der Waals surface area contributed by atoms with Gasteiger partial charge in [-0.3, -0.25) is 4.79 Å². The molecule has 0 radical (unpaired) electrons. The highest BCUT2D eigenvalue weighted by molar-refractivity contribution is 5.74. The van der Waals surface area contributed by atoms with Gasteiger partial charge >= 0.3 is 5.97 Å². The minimum Gasteiger partial charge on any atom is -0.497 e. The lowest BCUT2D eigenvalue weighted by atomic mass is 9.94. The van der Waals surface area contributed by atoms with Crippen molar-refractivity contribution in [3.63, 3.8) is 0 Å². The van der Waals surface area contributed by atoms with Gasteiger partial charge in [-0.05, 0) is 60.9 Å². The maximum absolute atomic E-state index is 12.2. The van der Waals surface area contributed by atoms with Gasteiger partial charge in [0.15, 0.2) is 0 Å². The average molecular weight is 381 g/mol. The van der Waals surface area contributed by atoms with Crippen LogP contribution in [0.15, 0.2) is 48.5 Å². The molecule has 0 amide bonds. The SMILES string of the molecule is CCCCCCC1CC(CCc2ccc(-c3ccc(OC)cc3)cc2)C(=O)O1. The number of carbonyl (C=O) groups excluding carboxylic acids is 1. The molecular formula is C25H32O3. The molecule has 1 heterocycles. The van der Waals surface area contributed by atoms with Crippen LogP contribution in [-0.4, -0.2) is 19.2 Å². The van der Waals surface area contributed by atoms with E-state index in [2.05, 4.69) is 43.3 Å². The first kappa shape index (κ1) is 20.4. The summed E-state index contributed by atoms with van der Waals surface area (Å²) in [5.74, 6) is 0.945. The zero-order valence-corrected chi connectivity index (χ0v) is 17.2. The van der Waals surface area contributed by atoms with Crippen molar-refractivity contribution in [2.24, 2.45) is 5.92 Å². The highest BCUT2D eigenvalue weighted by atomic mass is 16.5. The Morgan fingerprint density at radius 2 is 1.61 bits per heavy atom. The average Bonchev–Trinajstić information content (AvgIpc) is 3.09. The lowest BCUT2D eigenvalue weighted by molar-refractivity contribution is -0.144. The molecule has 150 valence electrons. The summed E-state index contributed by atoms with van der Waals surface area (Å²) in [4.78, 5) is 12.2. The summed E-state index contributed by atoms with van der Waals surface area (Å²) in [6.45, 7) is 2.22. The largest absolute Gasteiger partial charge is 0.497 e. The summed E-state index contributed by atoms with van der Waals surface area (Å²) >= 11 is 0. The molecule has 0 aliphatic carbocycles. The van der Waals surface area contributed by atoms with Crippen LogP contribution in [0.5, 0.6) is 5.75 Å². The van der Waals surface area contributed by atoms with Crippen molar-refractivity contribution in [1.82, 2.24) is 0 Å². The highest BCUT2D eigenvalue weighted by Gasteiger charge is 2.33. The van der Waals surface area contributed by atoms with Gasteiger partial charge in [0.1, 0.15) is 11.9 Å². The molecule has 0 spiro atoms. The molecule has 28 heavy (non-hydrogen) atoms. The predicted molar refractivity (Wildman–Crippen MR) is 113 cm³/mol. The third-order valence-electron chi connectivity index (χ3n) is 5.70. The summed E-state index contributed by atoms with van der Waals surface area (Å²) in [5, 5.41) is 0. The number of aryl methyl sites for hydroxylation is 1. The zero-order valence-electron chi connectivity index (χ0n) is 17.2. The van der Waals surface area contributed by atoms with Crippen LogP contribution < -0.4 is 4.74 Å². The number of hydrogen-bond acceptors (Lipinski definition) is 3. The van der Waals surface area contributed by atoms with Gasteiger partial charge in [-0.1, -0.05) is 62.6 Å². The number of rotatable bonds is 10. The number of carbonyl (C=O) groups is 1. The molecule has 1 fully saturated rings. The number of methoxy groups -OCH3 is 1. The minimum absolute atomic E-state index is 0.00958. The Kier molecular flexibility index (Phi) is 7.53. The van der Waals surface area contributed by atoms with Crippen LogP contribution in [0, 0.1) is 5.92 Å². The van der Waals surface area contributed by atoms with E-state index in [0.29, 0.717) is 0 Å². The normalized spacial score (nSPS) is 18.9. The van der Waals surface area contributed by atoms with Gasteiger partial charge in [0, 0.05) is 0 Å². The Labute approximate surface area is 169 Å². The van der Waals surface area contributed by atoms with Gasteiger partial charge in [0.05, 0.1) is 13.0 Å². The lowest BCUT2D eigenvalue weighted by Crippen LogP contribution is -2.08. The number of unbranched alkanes of at least 4 members (excludes halogenated alkanes) is 3. The van der Waals surface area contributed by atoms with E-state index < -0.39 is 0 Å². The van der Waals surface area contributed by atoms with E-state index in [1.807, 2.05) is 12.1 Å². The molecule has 0 N–H and O–H groups in total. The molecule has 0 bridgehead atoms. The maximum Gasteiger partial charge on any atom is 0.309 e.